The topological polar surface area (TPSA) is 100 Å². The second-order valence-corrected chi connectivity index (χ2v) is 11.8. The molecule has 2 aromatic rings. The zero-order valence-corrected chi connectivity index (χ0v) is 24.1. The SMILES string of the molecule is CCC1(Oc2ccc(C)cc2C)C(=O)NC12CCCC(C(=O)NC1=NN(c3c(Cl)cc(Cl)cc3Cl)C(=O)C1)C2. The van der Waals surface area contributed by atoms with Gasteiger partial charge in [-0.05, 0) is 63.3 Å². The van der Waals surface area contributed by atoms with Crippen molar-refractivity contribution in [3.63, 3.8) is 0 Å². The normalized spacial score (nSPS) is 26.3. The third-order valence-electron chi connectivity index (χ3n) is 7.96. The Bertz CT molecular complexity index is 1390. The summed E-state index contributed by atoms with van der Waals surface area (Å²) in [5.74, 6) is -0.325. The molecule has 0 radical (unpaired) electrons. The van der Waals surface area contributed by atoms with Gasteiger partial charge < -0.3 is 15.4 Å². The fraction of sp³-hybridized carbons (Fsp3) is 0.429. The van der Waals surface area contributed by atoms with Crippen molar-refractivity contribution >= 4 is 64.0 Å². The van der Waals surface area contributed by atoms with Crippen molar-refractivity contribution < 1.29 is 19.1 Å². The highest BCUT2D eigenvalue weighted by molar-refractivity contribution is 6.42. The fourth-order valence-electron chi connectivity index (χ4n) is 6.02. The third kappa shape index (κ3) is 4.77. The molecule has 1 spiro atoms. The number of amidine groups is 1. The Morgan fingerprint density at radius 3 is 2.54 bits per heavy atom. The van der Waals surface area contributed by atoms with E-state index in [0.29, 0.717) is 36.5 Å². The van der Waals surface area contributed by atoms with Gasteiger partial charge in [0.25, 0.3) is 11.8 Å². The number of carbonyl (C=O) groups is 3. The highest BCUT2D eigenvalue weighted by Gasteiger charge is 2.68. The minimum absolute atomic E-state index is 0.107. The first-order chi connectivity index (χ1) is 18.5. The minimum atomic E-state index is -1.06. The summed E-state index contributed by atoms with van der Waals surface area (Å²) in [6.45, 7) is 5.91. The molecule has 3 unspecified atom stereocenters. The van der Waals surface area contributed by atoms with Crippen molar-refractivity contribution in [3.05, 3.63) is 56.5 Å². The van der Waals surface area contributed by atoms with E-state index >= 15 is 0 Å². The first kappa shape index (κ1) is 27.7. The number of hydrogen-bond acceptors (Lipinski definition) is 5. The number of nitrogens with one attached hydrogen (secondary N) is 2. The average molecular weight is 592 g/mol. The molecule has 3 aliphatic rings. The van der Waals surface area contributed by atoms with E-state index in [-0.39, 0.29) is 45.7 Å². The smallest absolute Gasteiger partial charge is 0.267 e. The molecule has 2 aliphatic heterocycles. The Morgan fingerprint density at radius 1 is 1.18 bits per heavy atom. The van der Waals surface area contributed by atoms with Crippen LogP contribution in [0.3, 0.4) is 0 Å². The summed E-state index contributed by atoms with van der Waals surface area (Å²) < 4.78 is 6.49. The zero-order chi connectivity index (χ0) is 28.1. The van der Waals surface area contributed by atoms with Crippen molar-refractivity contribution in [2.24, 2.45) is 11.0 Å². The van der Waals surface area contributed by atoms with Gasteiger partial charge in [0.1, 0.15) is 17.3 Å². The highest BCUT2D eigenvalue weighted by Crippen LogP contribution is 2.50. The monoisotopic (exact) mass is 590 g/mol. The Balaban J connectivity index is 1.34. The van der Waals surface area contributed by atoms with Crippen LogP contribution in [0.1, 0.15) is 56.6 Å². The van der Waals surface area contributed by atoms with Crippen LogP contribution in [0.25, 0.3) is 0 Å². The van der Waals surface area contributed by atoms with Crippen LogP contribution in [0.5, 0.6) is 5.75 Å². The molecule has 3 amide bonds. The van der Waals surface area contributed by atoms with Gasteiger partial charge in [-0.1, -0.05) is 65.8 Å². The predicted octanol–water partition coefficient (Wildman–Crippen LogP) is 5.72. The molecular weight excluding hydrogens is 563 g/mol. The molecule has 2 N–H and O–H groups in total. The highest BCUT2D eigenvalue weighted by atomic mass is 35.5. The summed E-state index contributed by atoms with van der Waals surface area (Å²) in [5.41, 5.74) is 0.547. The summed E-state index contributed by atoms with van der Waals surface area (Å²) in [5, 5.41) is 12.0. The lowest BCUT2D eigenvalue weighted by Gasteiger charge is -2.60. The molecule has 206 valence electrons. The van der Waals surface area contributed by atoms with Crippen LogP contribution >= 0.6 is 34.8 Å². The maximum atomic E-state index is 13.4. The molecule has 0 bridgehead atoms. The lowest BCUT2D eigenvalue weighted by Crippen LogP contribution is -2.84. The number of β-lactam (4-membered cyclic amide) rings is 1. The average Bonchev–Trinajstić information content (AvgIpc) is 3.22. The number of hydrogen-bond donors (Lipinski definition) is 2. The molecule has 3 atom stereocenters. The number of ether oxygens (including phenoxy) is 1. The van der Waals surface area contributed by atoms with Gasteiger partial charge in [-0.2, -0.15) is 10.1 Å². The fourth-order valence-corrected chi connectivity index (χ4v) is 7.00. The molecule has 5 rings (SSSR count). The second kappa shape index (κ2) is 10.3. The van der Waals surface area contributed by atoms with E-state index in [1.165, 1.54) is 12.1 Å². The maximum Gasteiger partial charge on any atom is 0.267 e. The number of benzene rings is 2. The van der Waals surface area contributed by atoms with E-state index in [2.05, 4.69) is 15.7 Å². The number of hydrazone groups is 1. The van der Waals surface area contributed by atoms with E-state index in [1.807, 2.05) is 39.0 Å². The van der Waals surface area contributed by atoms with Gasteiger partial charge in [0.2, 0.25) is 11.5 Å². The van der Waals surface area contributed by atoms with Crippen molar-refractivity contribution in [1.29, 1.82) is 0 Å². The van der Waals surface area contributed by atoms with Gasteiger partial charge in [-0.3, -0.25) is 14.4 Å². The largest absolute Gasteiger partial charge is 0.475 e. The van der Waals surface area contributed by atoms with Crippen molar-refractivity contribution in [1.82, 2.24) is 10.6 Å². The molecule has 1 saturated heterocycles. The maximum absolute atomic E-state index is 13.4. The van der Waals surface area contributed by atoms with Gasteiger partial charge in [-0.25, -0.2) is 0 Å². The third-order valence-corrected chi connectivity index (χ3v) is 8.76. The van der Waals surface area contributed by atoms with E-state index < -0.39 is 17.1 Å². The summed E-state index contributed by atoms with van der Waals surface area (Å²) in [4.78, 5) is 39.2. The number of nitrogens with zero attached hydrogens (tertiary/aromatic N) is 2. The molecule has 2 heterocycles. The van der Waals surface area contributed by atoms with Crippen LogP contribution in [0.15, 0.2) is 35.4 Å². The van der Waals surface area contributed by atoms with Crippen molar-refractivity contribution in [2.75, 3.05) is 5.01 Å². The van der Waals surface area contributed by atoms with E-state index in [9.17, 15) is 14.4 Å². The first-order valence-corrected chi connectivity index (χ1v) is 14.1. The lowest BCUT2D eigenvalue weighted by molar-refractivity contribution is -0.178. The standard InChI is InChI=1S/C28H29Cl3N4O4/c1-4-28(39-21-8-7-15(2)10-16(21)3)26(38)33-27(28)9-5-6-17(14-27)25(37)32-22-13-23(36)35(34-22)24-19(30)11-18(29)12-20(24)31/h7-8,10-12,17H,4-6,9,13-14H2,1-3H3,(H,33,38)(H,32,34,37). The van der Waals surface area contributed by atoms with Gasteiger partial charge in [0.15, 0.2) is 0 Å². The van der Waals surface area contributed by atoms with Gasteiger partial charge in [0.05, 0.1) is 22.0 Å². The van der Waals surface area contributed by atoms with Gasteiger partial charge in [-0.15, -0.1) is 0 Å². The summed E-state index contributed by atoms with van der Waals surface area (Å²) in [6.07, 6.45) is 2.88. The van der Waals surface area contributed by atoms with Crippen molar-refractivity contribution in [3.8, 4) is 5.75 Å². The number of rotatable bonds is 5. The molecule has 2 fully saturated rings. The van der Waals surface area contributed by atoms with E-state index in [4.69, 9.17) is 39.5 Å². The van der Waals surface area contributed by atoms with Gasteiger partial charge in [0, 0.05) is 10.9 Å². The van der Waals surface area contributed by atoms with Crippen LogP contribution in [0.4, 0.5) is 5.69 Å². The predicted molar refractivity (Wildman–Crippen MR) is 152 cm³/mol. The van der Waals surface area contributed by atoms with Crippen LogP contribution in [0, 0.1) is 19.8 Å². The van der Waals surface area contributed by atoms with Crippen LogP contribution in [-0.2, 0) is 14.4 Å². The minimum Gasteiger partial charge on any atom is -0.475 e. The quantitative estimate of drug-likeness (QED) is 0.435. The molecule has 8 nitrogen and oxygen atoms in total. The van der Waals surface area contributed by atoms with Crippen LogP contribution in [-0.4, -0.2) is 34.7 Å². The summed E-state index contributed by atoms with van der Waals surface area (Å²) in [6, 6.07) is 8.82. The Kier molecular flexibility index (Phi) is 7.33. The van der Waals surface area contributed by atoms with E-state index in [0.717, 1.165) is 22.6 Å². The molecule has 1 aliphatic carbocycles. The molecule has 0 aromatic heterocycles. The summed E-state index contributed by atoms with van der Waals surface area (Å²) in [7, 11) is 0. The molecular formula is C28H29Cl3N4O4. The molecule has 2 aromatic carbocycles. The number of amides is 3. The number of aryl methyl sites for hydroxylation is 2. The van der Waals surface area contributed by atoms with E-state index in [1.54, 1.807) is 0 Å². The number of halogens is 3. The van der Waals surface area contributed by atoms with Crippen molar-refractivity contribution in [2.45, 2.75) is 70.4 Å². The number of carbonyl (C=O) groups excluding carboxylic acids is 3. The molecule has 11 heteroatoms. The first-order valence-electron chi connectivity index (χ1n) is 12.9. The molecule has 1 saturated carbocycles. The Labute approximate surface area is 242 Å². The van der Waals surface area contributed by atoms with Crippen LogP contribution < -0.4 is 20.4 Å². The number of anilines is 1. The summed E-state index contributed by atoms with van der Waals surface area (Å²) >= 11 is 18.5. The van der Waals surface area contributed by atoms with Gasteiger partial charge >= 0.3 is 0 Å². The zero-order valence-electron chi connectivity index (χ0n) is 21.9. The molecule has 39 heavy (non-hydrogen) atoms. The Hall–Kier alpha value is -2.81. The second-order valence-electron chi connectivity index (χ2n) is 10.5. The Morgan fingerprint density at radius 2 is 1.90 bits per heavy atom. The lowest BCUT2D eigenvalue weighted by atomic mass is 9.59. The van der Waals surface area contributed by atoms with Crippen LogP contribution in [0.2, 0.25) is 15.1 Å².